The molecule has 4 aromatic rings. The monoisotopic (exact) mass is 476 g/mol. The van der Waals surface area contributed by atoms with E-state index in [4.69, 9.17) is 9.47 Å². The zero-order valence-electron chi connectivity index (χ0n) is 20.9. The van der Waals surface area contributed by atoms with E-state index < -0.39 is 11.9 Å². The van der Waals surface area contributed by atoms with Crippen molar-refractivity contribution in [3.63, 3.8) is 0 Å². The lowest BCUT2D eigenvalue weighted by Gasteiger charge is -2.19. The van der Waals surface area contributed by atoms with E-state index in [1.54, 1.807) is 24.3 Å². The highest BCUT2D eigenvalue weighted by molar-refractivity contribution is 6.01. The van der Waals surface area contributed by atoms with E-state index in [1.165, 1.54) is 0 Å². The minimum Gasteiger partial charge on any atom is -0.418 e. The average Bonchev–Trinajstić information content (AvgIpc) is 2.87. The zero-order chi connectivity index (χ0) is 25.7. The number of carbonyl (C=O) groups is 2. The molecular weight excluding hydrogens is 448 g/mol. The lowest BCUT2D eigenvalue weighted by molar-refractivity contribution is 0.0646. The molecule has 0 radical (unpaired) electrons. The Morgan fingerprint density at radius 3 is 1.14 bits per heavy atom. The first-order valence-electron chi connectivity index (χ1n) is 11.8. The van der Waals surface area contributed by atoms with Crippen LogP contribution in [0.3, 0.4) is 0 Å². The largest absolute Gasteiger partial charge is 0.418 e. The van der Waals surface area contributed by atoms with E-state index in [2.05, 4.69) is 0 Å². The molecular formula is C32H28O4. The molecule has 0 aromatic heterocycles. The van der Waals surface area contributed by atoms with Gasteiger partial charge in [-0.15, -0.1) is 0 Å². The Balaban J connectivity index is 1.89. The third kappa shape index (κ3) is 5.61. The Morgan fingerprint density at radius 1 is 0.472 bits per heavy atom. The number of esters is 2. The smallest absolute Gasteiger partial charge is 0.343 e. The van der Waals surface area contributed by atoms with E-state index in [1.807, 2.05) is 100 Å². The van der Waals surface area contributed by atoms with Gasteiger partial charge < -0.3 is 9.47 Å². The molecule has 180 valence electrons. The summed E-state index contributed by atoms with van der Waals surface area (Å²) in [5.41, 5.74) is 5.95. The Morgan fingerprint density at radius 2 is 0.806 bits per heavy atom. The lowest BCUT2D eigenvalue weighted by Crippen LogP contribution is -2.12. The predicted molar refractivity (Wildman–Crippen MR) is 142 cm³/mol. The highest BCUT2D eigenvalue weighted by atomic mass is 16.6. The van der Waals surface area contributed by atoms with Crippen LogP contribution in [0.25, 0.3) is 11.5 Å². The number of carbonyl (C=O) groups excluding carboxylic acids is 2. The highest BCUT2D eigenvalue weighted by Crippen LogP contribution is 2.33. The first kappa shape index (κ1) is 24.7. The molecule has 0 unspecified atom stereocenters. The molecule has 4 rings (SSSR count). The summed E-state index contributed by atoms with van der Waals surface area (Å²) in [7, 11) is 0. The number of aryl methyl sites for hydroxylation is 4. The molecule has 0 aliphatic rings. The molecule has 0 amide bonds. The minimum absolute atomic E-state index is 0.188. The zero-order valence-corrected chi connectivity index (χ0v) is 20.9. The Kier molecular flexibility index (Phi) is 7.45. The molecule has 0 N–H and O–H groups in total. The van der Waals surface area contributed by atoms with Crippen LogP contribution in [0.2, 0.25) is 0 Å². The molecule has 4 heteroatoms. The lowest BCUT2D eigenvalue weighted by atomic mass is 10.0. The van der Waals surface area contributed by atoms with E-state index in [-0.39, 0.29) is 11.5 Å². The van der Waals surface area contributed by atoms with Crippen LogP contribution in [0.15, 0.2) is 97.1 Å². The molecule has 0 spiro atoms. The normalized spacial score (nSPS) is 11.4. The maximum atomic E-state index is 13.3. The second-order valence-electron chi connectivity index (χ2n) is 8.80. The fourth-order valence-electron chi connectivity index (χ4n) is 3.79. The van der Waals surface area contributed by atoms with Crippen LogP contribution in [-0.4, -0.2) is 11.9 Å². The SMILES string of the molecule is Cc1ccc(C(=O)OC(=C(OC(=O)c2ccc(C)cc2)c2ccccc2C)c2ccccc2C)cc1. The van der Waals surface area contributed by atoms with Gasteiger partial charge in [-0.3, -0.25) is 0 Å². The number of hydrogen-bond donors (Lipinski definition) is 0. The fourth-order valence-corrected chi connectivity index (χ4v) is 3.79. The van der Waals surface area contributed by atoms with Gasteiger partial charge in [0.25, 0.3) is 0 Å². The van der Waals surface area contributed by atoms with E-state index in [0.29, 0.717) is 22.3 Å². The first-order chi connectivity index (χ1) is 17.3. The van der Waals surface area contributed by atoms with Crippen molar-refractivity contribution in [1.82, 2.24) is 0 Å². The van der Waals surface area contributed by atoms with Crippen LogP contribution >= 0.6 is 0 Å². The molecule has 4 aromatic carbocycles. The van der Waals surface area contributed by atoms with Crippen LogP contribution in [0.5, 0.6) is 0 Å². The van der Waals surface area contributed by atoms with Crippen LogP contribution < -0.4 is 0 Å². The Bertz CT molecular complexity index is 1320. The van der Waals surface area contributed by atoms with Crippen LogP contribution in [0, 0.1) is 27.7 Å². The Labute approximate surface area is 211 Å². The topological polar surface area (TPSA) is 52.6 Å². The van der Waals surface area contributed by atoms with Crippen molar-refractivity contribution >= 4 is 23.5 Å². The summed E-state index contributed by atoms with van der Waals surface area (Å²) in [5, 5.41) is 0. The third-order valence-corrected chi connectivity index (χ3v) is 5.95. The van der Waals surface area contributed by atoms with Gasteiger partial charge in [-0.1, -0.05) is 83.9 Å². The number of hydrogen-bond acceptors (Lipinski definition) is 4. The van der Waals surface area contributed by atoms with Gasteiger partial charge >= 0.3 is 11.9 Å². The molecule has 0 aliphatic heterocycles. The van der Waals surface area contributed by atoms with Gasteiger partial charge in [0.1, 0.15) is 0 Å². The molecule has 0 fully saturated rings. The maximum Gasteiger partial charge on any atom is 0.343 e. The van der Waals surface area contributed by atoms with Crippen molar-refractivity contribution in [2.75, 3.05) is 0 Å². The predicted octanol–water partition coefficient (Wildman–Crippen LogP) is 7.46. The summed E-state index contributed by atoms with van der Waals surface area (Å²) in [6.45, 7) is 7.75. The van der Waals surface area contributed by atoms with E-state index in [0.717, 1.165) is 22.3 Å². The van der Waals surface area contributed by atoms with Crippen molar-refractivity contribution in [3.8, 4) is 0 Å². The van der Waals surface area contributed by atoms with Crippen molar-refractivity contribution in [3.05, 3.63) is 142 Å². The summed E-state index contributed by atoms with van der Waals surface area (Å²) >= 11 is 0. The van der Waals surface area contributed by atoms with Crippen molar-refractivity contribution in [2.45, 2.75) is 27.7 Å². The summed E-state index contributed by atoms with van der Waals surface area (Å²) in [6.07, 6.45) is 0. The standard InChI is InChI=1S/C32H28O4/c1-21-13-17-25(18-14-21)31(33)35-29(27-11-7-5-9-23(27)3)30(28-12-8-6-10-24(28)4)36-32(34)26-19-15-22(2)16-20-26/h5-20H,1-4H3. The molecule has 0 heterocycles. The molecule has 4 nitrogen and oxygen atoms in total. The first-order valence-corrected chi connectivity index (χ1v) is 11.8. The summed E-state index contributed by atoms with van der Waals surface area (Å²) in [4.78, 5) is 26.5. The van der Waals surface area contributed by atoms with E-state index >= 15 is 0 Å². The average molecular weight is 477 g/mol. The Hall–Kier alpha value is -4.44. The van der Waals surface area contributed by atoms with Gasteiger partial charge in [0.2, 0.25) is 0 Å². The highest BCUT2D eigenvalue weighted by Gasteiger charge is 2.24. The van der Waals surface area contributed by atoms with Gasteiger partial charge in [-0.05, 0) is 63.1 Å². The number of ether oxygens (including phenoxy) is 2. The number of benzene rings is 4. The van der Waals surface area contributed by atoms with E-state index in [9.17, 15) is 9.59 Å². The molecule has 0 aliphatic carbocycles. The summed E-state index contributed by atoms with van der Waals surface area (Å²) < 4.78 is 12.1. The van der Waals surface area contributed by atoms with Crippen molar-refractivity contribution < 1.29 is 19.1 Å². The fraction of sp³-hybridized carbons (Fsp3) is 0.125. The van der Waals surface area contributed by atoms with Gasteiger partial charge in [0.05, 0.1) is 11.1 Å². The molecule has 0 bridgehead atoms. The second-order valence-corrected chi connectivity index (χ2v) is 8.80. The van der Waals surface area contributed by atoms with Gasteiger partial charge in [0.15, 0.2) is 11.5 Å². The van der Waals surface area contributed by atoms with Crippen LogP contribution in [0.4, 0.5) is 0 Å². The number of rotatable bonds is 6. The molecule has 0 atom stereocenters. The quantitative estimate of drug-likeness (QED) is 0.165. The van der Waals surface area contributed by atoms with Crippen molar-refractivity contribution in [2.24, 2.45) is 0 Å². The molecule has 0 saturated carbocycles. The third-order valence-electron chi connectivity index (χ3n) is 5.95. The van der Waals surface area contributed by atoms with Crippen LogP contribution in [-0.2, 0) is 9.47 Å². The second kappa shape index (κ2) is 10.9. The molecule has 36 heavy (non-hydrogen) atoms. The van der Waals surface area contributed by atoms with Gasteiger partial charge in [-0.2, -0.15) is 0 Å². The van der Waals surface area contributed by atoms with Gasteiger partial charge in [-0.25, -0.2) is 9.59 Å². The maximum absolute atomic E-state index is 13.3. The summed E-state index contributed by atoms with van der Waals surface area (Å²) in [5.74, 6) is -0.696. The minimum atomic E-state index is -0.536. The van der Waals surface area contributed by atoms with Crippen LogP contribution in [0.1, 0.15) is 54.1 Å². The van der Waals surface area contributed by atoms with Gasteiger partial charge in [0, 0.05) is 11.1 Å². The molecule has 0 saturated heterocycles. The van der Waals surface area contributed by atoms with Crippen molar-refractivity contribution in [1.29, 1.82) is 0 Å². The summed E-state index contributed by atoms with van der Waals surface area (Å²) in [6, 6.07) is 29.4.